The second-order valence-corrected chi connectivity index (χ2v) is 32.9. The molecule has 2 amide bonds. The van der Waals surface area contributed by atoms with Crippen molar-refractivity contribution in [2.45, 2.75) is 159 Å². The largest absolute Gasteiger partial charge is 1.00 e. The molecule has 6 aliphatic rings. The molecule has 2 heterocycles. The summed E-state index contributed by atoms with van der Waals surface area (Å²) in [5.41, 5.74) is 14.5. The summed E-state index contributed by atoms with van der Waals surface area (Å²) < 4.78 is 85.4. The zero-order chi connectivity index (χ0) is 71.7. The van der Waals surface area contributed by atoms with Crippen molar-refractivity contribution in [3.8, 4) is 23.0 Å². The van der Waals surface area contributed by atoms with E-state index in [1.807, 2.05) is 50.2 Å². The Hall–Kier alpha value is -7.43. The zero-order valence-corrected chi connectivity index (χ0v) is 62.4. The quantitative estimate of drug-likeness (QED) is 0.0664. The van der Waals surface area contributed by atoms with Gasteiger partial charge in [0.25, 0.3) is 18.3 Å². The van der Waals surface area contributed by atoms with Crippen LogP contribution in [0.5, 0.6) is 23.0 Å². The Morgan fingerprint density at radius 1 is 0.545 bits per heavy atom. The van der Waals surface area contributed by atoms with Crippen molar-refractivity contribution in [2.24, 2.45) is 21.7 Å². The van der Waals surface area contributed by atoms with Crippen molar-refractivity contribution in [1.82, 2.24) is 9.80 Å². The summed E-state index contributed by atoms with van der Waals surface area (Å²) >= 11 is 0. The molecule has 0 fully saturated rings. The first-order valence-corrected chi connectivity index (χ1v) is 36.6. The van der Waals surface area contributed by atoms with E-state index >= 15 is 0 Å². The van der Waals surface area contributed by atoms with Crippen LogP contribution in [0, 0.1) is 21.7 Å². The molecule has 4 unspecified atom stereocenters. The molecule has 0 bridgehead atoms. The molecule has 1 N–H and O–H groups in total. The fourth-order valence-electron chi connectivity index (χ4n) is 15.8. The van der Waals surface area contributed by atoms with E-state index in [0.29, 0.717) is 41.3 Å². The van der Waals surface area contributed by atoms with Gasteiger partial charge in [0.15, 0.2) is 0 Å². The van der Waals surface area contributed by atoms with E-state index in [-0.39, 0.29) is 77.1 Å². The van der Waals surface area contributed by atoms with Gasteiger partial charge in [0.1, 0.15) is 23.0 Å². The maximum atomic E-state index is 13.8. The number of hydrogen-bond acceptors (Lipinski definition) is 15. The van der Waals surface area contributed by atoms with Crippen LogP contribution in [0.25, 0.3) is 23.3 Å². The van der Waals surface area contributed by atoms with Gasteiger partial charge >= 0.3 is 25.0 Å². The molecule has 6 aromatic carbocycles. The minimum absolute atomic E-state index is 0. The second-order valence-electron chi connectivity index (χ2n) is 29.9. The van der Waals surface area contributed by atoms with Crippen LogP contribution in [-0.2, 0) is 52.2 Å². The number of benzene rings is 6. The standard InChI is InChI=1S/2C37H43NO5S.C2H4O2.C2H6.CO2.Li.H2O/c2*1-22-18-36(3,4)20-24-14-32-30(16-28(22)24)34(26-10-8-9-11-27(26)35(39)38(7)12-13-44(40,41)42)31-17-29-23(2)19-37(5,6)21-25(29)15-33(31)43-32;1-4-2-3;1-2;2-1-3;;/h2*8-11,14-17,20,22-23H,12-13,18-19,21H2,1-7H3,(H,40,41,42);2H,1H3;1-2H3;;;1H2/q;;;;;+1;/p-3. The van der Waals surface area contributed by atoms with Crippen molar-refractivity contribution >= 4 is 68.0 Å². The molecule has 4 aliphatic carbocycles. The van der Waals surface area contributed by atoms with E-state index in [9.17, 15) is 35.5 Å². The molecule has 0 spiro atoms. The van der Waals surface area contributed by atoms with Gasteiger partial charge < -0.3 is 38.6 Å². The average molecular weight is 1380 g/mol. The van der Waals surface area contributed by atoms with Crippen molar-refractivity contribution in [3.63, 3.8) is 0 Å². The van der Waals surface area contributed by atoms with Crippen molar-refractivity contribution < 1.29 is 88.5 Å². The molecule has 17 nitrogen and oxygen atoms in total. The molecule has 0 aromatic heterocycles. The first-order chi connectivity index (χ1) is 45.4. The van der Waals surface area contributed by atoms with Gasteiger partial charge in [-0.2, -0.15) is 9.59 Å². The number of methoxy groups -OCH3 is 1. The van der Waals surface area contributed by atoms with Crippen LogP contribution < -0.4 is 49.2 Å². The van der Waals surface area contributed by atoms with Gasteiger partial charge in [-0.05, 0) is 199 Å². The van der Waals surface area contributed by atoms with Crippen molar-refractivity contribution in [2.75, 3.05) is 45.8 Å². The van der Waals surface area contributed by atoms with Crippen LogP contribution in [0.2, 0.25) is 0 Å². The molecule has 12 rings (SSSR count). The minimum atomic E-state index is -4.46. The maximum absolute atomic E-state index is 13.8. The molecule has 526 valence electrons. The predicted octanol–water partition coefficient (Wildman–Crippen LogP) is 9.15. The number of carbonyl (C=O) groups excluding carboxylic acids is 5. The van der Waals surface area contributed by atoms with E-state index < -0.39 is 31.7 Å². The van der Waals surface area contributed by atoms with Gasteiger partial charge in [-0.1, -0.05) is 145 Å². The van der Waals surface area contributed by atoms with Gasteiger partial charge in [0.05, 0.1) is 38.9 Å². The minimum Gasteiger partial charge on any atom is -0.870 e. The van der Waals surface area contributed by atoms with Gasteiger partial charge in [-0.3, -0.25) is 14.4 Å². The fraction of sp³-hybridized carbons (Fsp3) is 0.443. The van der Waals surface area contributed by atoms with Crippen molar-refractivity contribution in [1.29, 1.82) is 0 Å². The molecule has 0 saturated heterocycles. The number of ether oxygens (including phenoxy) is 3. The number of amides is 2. The van der Waals surface area contributed by atoms with Gasteiger partial charge in [-0.15, -0.1) is 0 Å². The molecule has 0 radical (unpaired) electrons. The molecule has 2 aliphatic heterocycles. The van der Waals surface area contributed by atoms with Crippen molar-refractivity contribution in [3.05, 3.63) is 185 Å². The van der Waals surface area contributed by atoms with E-state index in [1.165, 1.54) is 74.8 Å². The summed E-state index contributed by atoms with van der Waals surface area (Å²) in [5.74, 6) is 2.61. The average Bonchev–Trinajstić information content (AvgIpc) is 0.732. The Bertz CT molecular complexity index is 4330. The zero-order valence-electron chi connectivity index (χ0n) is 60.7. The van der Waals surface area contributed by atoms with E-state index in [1.54, 1.807) is 12.1 Å². The Labute approximate surface area is 596 Å². The number of fused-ring (bicyclic) bond motifs is 8. The summed E-state index contributed by atoms with van der Waals surface area (Å²) in [6, 6.07) is 32.8. The van der Waals surface area contributed by atoms with Crippen LogP contribution in [0.4, 0.5) is 0 Å². The fourth-order valence-corrected chi connectivity index (χ4v) is 16.7. The van der Waals surface area contributed by atoms with Crippen LogP contribution in [-0.4, -0.2) is 111 Å². The van der Waals surface area contributed by atoms with Crippen LogP contribution in [0.3, 0.4) is 0 Å². The van der Waals surface area contributed by atoms with E-state index in [2.05, 4.69) is 149 Å². The summed E-state index contributed by atoms with van der Waals surface area (Å²) in [4.78, 5) is 55.5. The SMILES string of the molecule is CC.CC1CC(C)(C)Cc2cc3c(cc21)C(c1ccccc1C(=O)N(C)CCS(=O)(=O)[O-])=c1cc2c(cc1O3)=CC(C)(C)CC2C.CC1CC(C)(C)Cc2cc3c(cc21)C(c1ccccc1C(=O)N(C)CCS(=O)(=O)[O-])=c1cc2c(cc1O3)=CC(C)(C)CC2C.COC=O.O=C=O.[Li+].[OH-]. The molecule has 99 heavy (non-hydrogen) atoms. The number of nitrogens with zero attached hydrogens (tertiary/aromatic N) is 2. The van der Waals surface area contributed by atoms with Crippen LogP contribution in [0.15, 0.2) is 97.1 Å². The third kappa shape index (κ3) is 18.6. The Morgan fingerprint density at radius 2 is 0.869 bits per heavy atom. The maximum Gasteiger partial charge on any atom is 1.00 e. The Morgan fingerprint density at radius 3 is 1.19 bits per heavy atom. The van der Waals surface area contributed by atoms with Gasteiger partial charge in [-0.25, -0.2) is 16.8 Å². The molecular formula is C79H95LiN2O15S2-2. The number of rotatable bonds is 11. The normalized spacial score (nSPS) is 19.1. The van der Waals surface area contributed by atoms with Crippen LogP contribution >= 0.6 is 0 Å². The summed E-state index contributed by atoms with van der Waals surface area (Å²) in [6.45, 7) is 31.5. The topological polar surface area (TPSA) is 264 Å². The molecule has 4 atom stereocenters. The Balaban J connectivity index is 0.000000274. The second kappa shape index (κ2) is 31.6. The van der Waals surface area contributed by atoms with E-state index in [4.69, 9.17) is 23.9 Å². The predicted molar refractivity (Wildman–Crippen MR) is 379 cm³/mol. The van der Waals surface area contributed by atoms with E-state index in [0.717, 1.165) is 105 Å². The monoisotopic (exact) mass is 1380 g/mol. The summed E-state index contributed by atoms with van der Waals surface area (Å²) in [7, 11) is -4.53. The van der Waals surface area contributed by atoms with Gasteiger partial charge in [0.2, 0.25) is 0 Å². The summed E-state index contributed by atoms with van der Waals surface area (Å²) in [6.07, 6.45) is 11.1. The Kier molecular flexibility index (Phi) is 25.7. The third-order valence-electron chi connectivity index (χ3n) is 19.3. The molecule has 20 heteroatoms. The smallest absolute Gasteiger partial charge is 0.870 e. The van der Waals surface area contributed by atoms with Gasteiger partial charge in [0, 0.05) is 71.0 Å². The van der Waals surface area contributed by atoms with Crippen LogP contribution in [0.1, 0.15) is 223 Å². The first-order valence-electron chi connectivity index (χ1n) is 33.4. The molecule has 6 aromatic rings. The number of carbonyl (C=O) groups is 3. The third-order valence-corrected chi connectivity index (χ3v) is 20.7. The number of hydrogen-bond donors (Lipinski definition) is 0. The first kappa shape index (κ1) is 80.5. The summed E-state index contributed by atoms with van der Waals surface area (Å²) in [5, 5.41) is 4.27. The molecular weight excluding hydrogens is 1290 g/mol. The molecule has 0 saturated carbocycles.